The molecule has 4 heteroatoms. The smallest absolute Gasteiger partial charge is 0.0897 e. The lowest BCUT2D eigenvalue weighted by Crippen LogP contribution is -2.32. The Balaban J connectivity index is 1.98. The van der Waals surface area contributed by atoms with E-state index in [2.05, 4.69) is 5.32 Å². The Morgan fingerprint density at radius 2 is 2.29 bits per heavy atom. The minimum absolute atomic E-state index is 0.106. The van der Waals surface area contributed by atoms with E-state index in [0.29, 0.717) is 19.1 Å². The van der Waals surface area contributed by atoms with Crippen molar-refractivity contribution in [2.75, 3.05) is 26.8 Å². The highest BCUT2D eigenvalue weighted by atomic mass is 16.5. The molecule has 0 spiro atoms. The predicted molar refractivity (Wildman–Crippen MR) is 54.1 cm³/mol. The van der Waals surface area contributed by atoms with Gasteiger partial charge in [0.2, 0.25) is 0 Å². The lowest BCUT2D eigenvalue weighted by atomic mass is 10.1. The highest BCUT2D eigenvalue weighted by Gasteiger charge is 2.22. The third-order valence-electron chi connectivity index (χ3n) is 2.69. The van der Waals surface area contributed by atoms with E-state index >= 15 is 0 Å². The second-order valence-electron chi connectivity index (χ2n) is 4.10. The normalized spacial score (nSPS) is 29.4. The summed E-state index contributed by atoms with van der Waals surface area (Å²) in [5.41, 5.74) is 0. The molecule has 1 saturated carbocycles. The quantitative estimate of drug-likeness (QED) is 0.557. The van der Waals surface area contributed by atoms with Gasteiger partial charge in [-0.1, -0.05) is 0 Å². The van der Waals surface area contributed by atoms with E-state index in [1.165, 1.54) is 0 Å². The monoisotopic (exact) mass is 203 g/mol. The summed E-state index contributed by atoms with van der Waals surface area (Å²) in [5.74, 6) is 0.569. The van der Waals surface area contributed by atoms with Gasteiger partial charge in [0.1, 0.15) is 0 Å². The molecule has 0 aliphatic heterocycles. The van der Waals surface area contributed by atoms with Gasteiger partial charge in [0, 0.05) is 13.7 Å². The Morgan fingerprint density at radius 1 is 1.50 bits per heavy atom. The van der Waals surface area contributed by atoms with E-state index in [4.69, 9.17) is 4.74 Å². The van der Waals surface area contributed by atoms with Crippen LogP contribution in [0.4, 0.5) is 0 Å². The molecule has 84 valence electrons. The molecule has 1 aliphatic rings. The second-order valence-corrected chi connectivity index (χ2v) is 4.10. The second kappa shape index (κ2) is 6.35. The first-order chi connectivity index (χ1) is 6.72. The average Bonchev–Trinajstić information content (AvgIpc) is 2.52. The van der Waals surface area contributed by atoms with Gasteiger partial charge in [-0.15, -0.1) is 0 Å². The molecule has 0 radical (unpaired) electrons. The first-order valence-electron chi connectivity index (χ1n) is 5.28. The third-order valence-corrected chi connectivity index (χ3v) is 2.69. The zero-order valence-corrected chi connectivity index (χ0v) is 8.78. The zero-order chi connectivity index (χ0) is 10.4. The minimum Gasteiger partial charge on any atom is -0.393 e. The minimum atomic E-state index is -0.425. The van der Waals surface area contributed by atoms with Gasteiger partial charge >= 0.3 is 0 Å². The van der Waals surface area contributed by atoms with E-state index in [9.17, 15) is 10.2 Å². The van der Waals surface area contributed by atoms with Gasteiger partial charge in [-0.25, -0.2) is 0 Å². The van der Waals surface area contributed by atoms with Gasteiger partial charge in [0.25, 0.3) is 0 Å². The molecular formula is C10H21NO3. The summed E-state index contributed by atoms with van der Waals surface area (Å²) in [5, 5.41) is 21.8. The molecule has 0 aromatic rings. The highest BCUT2D eigenvalue weighted by Crippen LogP contribution is 2.24. The number of hydrogen-bond donors (Lipinski definition) is 3. The Kier molecular flexibility index (Phi) is 5.40. The summed E-state index contributed by atoms with van der Waals surface area (Å²) in [6, 6.07) is 0. The van der Waals surface area contributed by atoms with Gasteiger partial charge in [-0.2, -0.15) is 0 Å². The zero-order valence-electron chi connectivity index (χ0n) is 8.78. The van der Waals surface area contributed by atoms with Crippen LogP contribution in [0.25, 0.3) is 0 Å². The fourth-order valence-electron chi connectivity index (χ4n) is 1.94. The Hall–Kier alpha value is -0.160. The van der Waals surface area contributed by atoms with Crippen molar-refractivity contribution in [2.24, 2.45) is 5.92 Å². The number of aliphatic hydroxyl groups excluding tert-OH is 2. The van der Waals surface area contributed by atoms with Crippen LogP contribution in [-0.2, 0) is 4.74 Å². The molecule has 0 saturated heterocycles. The number of nitrogens with one attached hydrogen (secondary N) is 1. The number of methoxy groups -OCH3 is 1. The van der Waals surface area contributed by atoms with Crippen molar-refractivity contribution >= 4 is 0 Å². The lowest BCUT2D eigenvalue weighted by molar-refractivity contribution is 0.0639. The fraction of sp³-hybridized carbons (Fsp3) is 1.00. The first-order valence-corrected chi connectivity index (χ1v) is 5.28. The first kappa shape index (κ1) is 11.9. The molecular weight excluding hydrogens is 182 g/mol. The van der Waals surface area contributed by atoms with Gasteiger partial charge in [-0.3, -0.25) is 0 Å². The number of aliphatic hydroxyl groups is 2. The van der Waals surface area contributed by atoms with E-state index < -0.39 is 6.10 Å². The van der Waals surface area contributed by atoms with Crippen LogP contribution in [0.2, 0.25) is 0 Å². The molecule has 1 aliphatic carbocycles. The SMILES string of the molecule is COCC(O)CNCC1CCC(O)C1. The third kappa shape index (κ3) is 4.37. The summed E-state index contributed by atoms with van der Waals surface area (Å²) in [6.45, 7) is 1.83. The summed E-state index contributed by atoms with van der Waals surface area (Å²) in [6.07, 6.45) is 2.38. The van der Waals surface area contributed by atoms with Crippen LogP contribution in [-0.4, -0.2) is 49.2 Å². The molecule has 3 unspecified atom stereocenters. The standard InChI is InChI=1S/C10H21NO3/c1-14-7-10(13)6-11-5-8-2-3-9(12)4-8/h8-13H,2-7H2,1H3. The molecule has 0 heterocycles. The average molecular weight is 203 g/mol. The van der Waals surface area contributed by atoms with Gasteiger partial charge < -0.3 is 20.3 Å². The Labute approximate surface area is 85.3 Å². The van der Waals surface area contributed by atoms with Crippen LogP contribution >= 0.6 is 0 Å². The van der Waals surface area contributed by atoms with Crippen molar-refractivity contribution in [3.63, 3.8) is 0 Å². The highest BCUT2D eigenvalue weighted by molar-refractivity contribution is 4.76. The van der Waals surface area contributed by atoms with Gasteiger partial charge in [0.15, 0.2) is 0 Å². The van der Waals surface area contributed by atoms with E-state index in [-0.39, 0.29) is 6.10 Å². The van der Waals surface area contributed by atoms with Crippen molar-refractivity contribution < 1.29 is 14.9 Å². The van der Waals surface area contributed by atoms with E-state index in [0.717, 1.165) is 25.8 Å². The van der Waals surface area contributed by atoms with Crippen LogP contribution < -0.4 is 5.32 Å². The van der Waals surface area contributed by atoms with Crippen molar-refractivity contribution in [3.05, 3.63) is 0 Å². The molecule has 0 bridgehead atoms. The largest absolute Gasteiger partial charge is 0.393 e. The maximum atomic E-state index is 9.34. The molecule has 0 amide bonds. The molecule has 4 nitrogen and oxygen atoms in total. The molecule has 0 aromatic carbocycles. The molecule has 3 N–H and O–H groups in total. The maximum absolute atomic E-state index is 9.34. The van der Waals surface area contributed by atoms with Crippen LogP contribution in [0.1, 0.15) is 19.3 Å². The summed E-state index contributed by atoms with van der Waals surface area (Å²) in [4.78, 5) is 0. The molecule has 1 rings (SSSR count). The van der Waals surface area contributed by atoms with Crippen molar-refractivity contribution in [3.8, 4) is 0 Å². The van der Waals surface area contributed by atoms with Crippen LogP contribution in [0.15, 0.2) is 0 Å². The molecule has 0 aromatic heterocycles. The van der Waals surface area contributed by atoms with Gasteiger partial charge in [-0.05, 0) is 31.7 Å². The number of ether oxygens (including phenoxy) is 1. The summed E-state index contributed by atoms with van der Waals surface area (Å²) in [7, 11) is 1.58. The fourth-order valence-corrected chi connectivity index (χ4v) is 1.94. The topological polar surface area (TPSA) is 61.7 Å². The lowest BCUT2D eigenvalue weighted by Gasteiger charge is -2.13. The van der Waals surface area contributed by atoms with E-state index in [1.807, 2.05) is 0 Å². The van der Waals surface area contributed by atoms with Crippen molar-refractivity contribution in [1.82, 2.24) is 5.32 Å². The van der Waals surface area contributed by atoms with Crippen LogP contribution in [0.3, 0.4) is 0 Å². The number of hydrogen-bond acceptors (Lipinski definition) is 4. The molecule has 3 atom stereocenters. The van der Waals surface area contributed by atoms with Crippen LogP contribution in [0.5, 0.6) is 0 Å². The predicted octanol–water partition coefficient (Wildman–Crippen LogP) is -0.256. The Bertz CT molecular complexity index is 154. The van der Waals surface area contributed by atoms with Gasteiger partial charge in [0.05, 0.1) is 18.8 Å². The summed E-state index contributed by atoms with van der Waals surface area (Å²) < 4.78 is 4.81. The Morgan fingerprint density at radius 3 is 2.86 bits per heavy atom. The van der Waals surface area contributed by atoms with Crippen molar-refractivity contribution in [1.29, 1.82) is 0 Å². The molecule has 14 heavy (non-hydrogen) atoms. The summed E-state index contributed by atoms with van der Waals surface area (Å²) >= 11 is 0. The van der Waals surface area contributed by atoms with E-state index in [1.54, 1.807) is 7.11 Å². The maximum Gasteiger partial charge on any atom is 0.0897 e. The van der Waals surface area contributed by atoms with Crippen LogP contribution in [0, 0.1) is 5.92 Å². The molecule has 1 fully saturated rings. The number of rotatable bonds is 6. The van der Waals surface area contributed by atoms with Crippen molar-refractivity contribution in [2.45, 2.75) is 31.5 Å².